The fourth-order valence-electron chi connectivity index (χ4n) is 2.76. The van der Waals surface area contributed by atoms with Crippen LogP contribution in [-0.2, 0) is 22.6 Å². The molecule has 1 aliphatic carbocycles. The number of thiazole rings is 2. The third-order valence-electron chi connectivity index (χ3n) is 4.22. The summed E-state index contributed by atoms with van der Waals surface area (Å²) in [7, 11) is 0. The molecule has 9 heteroatoms. The van der Waals surface area contributed by atoms with Crippen molar-refractivity contribution in [2.45, 2.75) is 32.7 Å². The van der Waals surface area contributed by atoms with Crippen molar-refractivity contribution in [3.63, 3.8) is 0 Å². The predicted octanol–water partition coefficient (Wildman–Crippen LogP) is 2.25. The highest BCUT2D eigenvalue weighted by Gasteiger charge is 2.31. The first kappa shape index (κ1) is 16.6. The van der Waals surface area contributed by atoms with Crippen molar-refractivity contribution in [3.8, 4) is 0 Å². The molecule has 2 aliphatic rings. The summed E-state index contributed by atoms with van der Waals surface area (Å²) >= 11 is 2.96. The number of aryl methyl sites for hydroxylation is 1. The molecule has 0 saturated heterocycles. The Hall–Kier alpha value is -1.84. The molecule has 4 rings (SSSR count). The summed E-state index contributed by atoms with van der Waals surface area (Å²) in [5.74, 6) is 0.210. The van der Waals surface area contributed by atoms with Gasteiger partial charge in [-0.2, -0.15) is 0 Å². The largest absolute Gasteiger partial charge is 0.302 e. The van der Waals surface area contributed by atoms with E-state index in [1.165, 1.54) is 22.7 Å². The Kier molecular flexibility index (Phi) is 4.53. The number of fused-ring (bicyclic) bond motifs is 1. The molecule has 0 aromatic carbocycles. The van der Waals surface area contributed by atoms with Crippen molar-refractivity contribution in [2.24, 2.45) is 5.92 Å². The molecule has 0 bridgehead atoms. The summed E-state index contributed by atoms with van der Waals surface area (Å²) in [5, 5.41) is 9.00. The van der Waals surface area contributed by atoms with E-state index in [4.69, 9.17) is 0 Å². The van der Waals surface area contributed by atoms with Crippen molar-refractivity contribution < 1.29 is 9.59 Å². The molecule has 1 aliphatic heterocycles. The zero-order valence-corrected chi connectivity index (χ0v) is 15.5. The van der Waals surface area contributed by atoms with Crippen LogP contribution in [0, 0.1) is 12.8 Å². The van der Waals surface area contributed by atoms with Crippen molar-refractivity contribution in [1.82, 2.24) is 14.9 Å². The van der Waals surface area contributed by atoms with Gasteiger partial charge in [0.2, 0.25) is 11.8 Å². The van der Waals surface area contributed by atoms with Crippen LogP contribution in [0.2, 0.25) is 0 Å². The van der Waals surface area contributed by atoms with Crippen LogP contribution >= 0.6 is 22.7 Å². The number of nitrogens with one attached hydrogen (secondary N) is 2. The topological polar surface area (TPSA) is 87.2 Å². The minimum atomic E-state index is -0.0513. The van der Waals surface area contributed by atoms with Crippen LogP contribution in [0.5, 0.6) is 0 Å². The summed E-state index contributed by atoms with van der Waals surface area (Å²) in [6.07, 6.45) is 2.77. The summed E-state index contributed by atoms with van der Waals surface area (Å²) in [4.78, 5) is 36.1. The molecule has 0 spiro atoms. The van der Waals surface area contributed by atoms with Crippen molar-refractivity contribution in [1.29, 1.82) is 0 Å². The number of hydrogen-bond donors (Lipinski definition) is 2. The van der Waals surface area contributed by atoms with Crippen LogP contribution in [0.3, 0.4) is 0 Å². The van der Waals surface area contributed by atoms with Crippen LogP contribution in [0.25, 0.3) is 0 Å². The number of amides is 2. The second-order valence-corrected chi connectivity index (χ2v) is 8.40. The highest BCUT2D eigenvalue weighted by Crippen LogP contribution is 2.32. The first-order chi connectivity index (χ1) is 12.1. The summed E-state index contributed by atoms with van der Waals surface area (Å²) in [6.45, 7) is 3.72. The fraction of sp³-hybridized carbons (Fsp3) is 0.500. The van der Waals surface area contributed by atoms with Crippen molar-refractivity contribution >= 4 is 44.8 Å². The quantitative estimate of drug-likeness (QED) is 0.835. The molecule has 0 radical (unpaired) electrons. The van der Waals surface area contributed by atoms with E-state index in [1.807, 2.05) is 12.3 Å². The minimum Gasteiger partial charge on any atom is -0.302 e. The van der Waals surface area contributed by atoms with Crippen molar-refractivity contribution in [2.75, 3.05) is 23.7 Å². The summed E-state index contributed by atoms with van der Waals surface area (Å²) in [5.41, 5.74) is 1.96. The average molecular weight is 377 g/mol. The number of nitrogens with zero attached hydrogens (tertiary/aromatic N) is 3. The molecular formula is C16H19N5O2S2. The van der Waals surface area contributed by atoms with Crippen LogP contribution in [0.15, 0.2) is 5.38 Å². The number of anilines is 2. The van der Waals surface area contributed by atoms with E-state index in [0.717, 1.165) is 42.1 Å². The van der Waals surface area contributed by atoms with Crippen LogP contribution < -0.4 is 10.6 Å². The van der Waals surface area contributed by atoms with E-state index in [0.29, 0.717) is 23.4 Å². The number of carbonyl (C=O) groups is 2. The molecule has 2 aromatic rings. The third-order valence-corrected chi connectivity index (χ3v) is 6.09. The van der Waals surface area contributed by atoms with E-state index in [9.17, 15) is 9.59 Å². The Morgan fingerprint density at radius 1 is 1.28 bits per heavy atom. The average Bonchev–Trinajstić information content (AvgIpc) is 3.23. The normalized spacial score (nSPS) is 17.2. The van der Waals surface area contributed by atoms with Gasteiger partial charge in [-0.15, -0.1) is 22.7 Å². The SMILES string of the molecule is Cc1csc(NC(=O)CN2CCc3nc(NC(=O)C4CC4)sc3C2)n1. The zero-order valence-electron chi connectivity index (χ0n) is 13.9. The Labute approximate surface area is 153 Å². The molecule has 2 aromatic heterocycles. The van der Waals surface area contributed by atoms with Crippen LogP contribution in [0.4, 0.5) is 10.3 Å². The summed E-state index contributed by atoms with van der Waals surface area (Å²) in [6, 6.07) is 0. The fourth-order valence-corrected chi connectivity index (χ4v) is 4.52. The highest BCUT2D eigenvalue weighted by molar-refractivity contribution is 7.16. The maximum atomic E-state index is 12.2. The number of aromatic nitrogens is 2. The molecular weight excluding hydrogens is 358 g/mol. The van der Waals surface area contributed by atoms with Gasteiger partial charge < -0.3 is 10.6 Å². The second-order valence-electron chi connectivity index (χ2n) is 6.46. The minimum absolute atomic E-state index is 0.0513. The van der Waals surface area contributed by atoms with Crippen LogP contribution in [-0.4, -0.2) is 39.8 Å². The van der Waals surface area contributed by atoms with Gasteiger partial charge in [-0.3, -0.25) is 14.5 Å². The summed E-state index contributed by atoms with van der Waals surface area (Å²) < 4.78 is 0. The molecule has 25 heavy (non-hydrogen) atoms. The van der Waals surface area contributed by atoms with Gasteiger partial charge in [0, 0.05) is 35.7 Å². The van der Waals surface area contributed by atoms with E-state index in [2.05, 4.69) is 25.5 Å². The molecule has 2 N–H and O–H groups in total. The monoisotopic (exact) mass is 377 g/mol. The van der Waals surface area contributed by atoms with Gasteiger partial charge in [0.15, 0.2) is 10.3 Å². The lowest BCUT2D eigenvalue weighted by atomic mass is 10.2. The number of rotatable bonds is 5. The Morgan fingerprint density at radius 2 is 2.12 bits per heavy atom. The zero-order chi connectivity index (χ0) is 17.4. The second kappa shape index (κ2) is 6.81. The van der Waals surface area contributed by atoms with Gasteiger partial charge in [-0.05, 0) is 19.8 Å². The van der Waals surface area contributed by atoms with E-state index in [1.54, 1.807) is 0 Å². The highest BCUT2D eigenvalue weighted by atomic mass is 32.1. The van der Waals surface area contributed by atoms with Gasteiger partial charge in [0.1, 0.15) is 0 Å². The third kappa shape index (κ3) is 4.05. The van der Waals surface area contributed by atoms with Crippen molar-refractivity contribution in [3.05, 3.63) is 21.6 Å². The molecule has 7 nitrogen and oxygen atoms in total. The molecule has 132 valence electrons. The number of hydrogen-bond acceptors (Lipinski definition) is 7. The van der Waals surface area contributed by atoms with Gasteiger partial charge in [0.05, 0.1) is 17.9 Å². The molecule has 3 heterocycles. The Morgan fingerprint density at radius 3 is 2.84 bits per heavy atom. The lowest BCUT2D eigenvalue weighted by molar-refractivity contribution is -0.118. The van der Waals surface area contributed by atoms with Gasteiger partial charge in [-0.1, -0.05) is 0 Å². The molecule has 2 amide bonds. The predicted molar refractivity (Wildman–Crippen MR) is 97.9 cm³/mol. The van der Waals surface area contributed by atoms with E-state index in [-0.39, 0.29) is 17.7 Å². The first-order valence-electron chi connectivity index (χ1n) is 8.30. The maximum absolute atomic E-state index is 12.2. The lowest BCUT2D eigenvalue weighted by Crippen LogP contribution is -2.36. The molecule has 1 saturated carbocycles. The first-order valence-corrected chi connectivity index (χ1v) is 10.0. The molecule has 0 unspecified atom stereocenters. The van der Waals surface area contributed by atoms with E-state index < -0.39 is 0 Å². The lowest BCUT2D eigenvalue weighted by Gasteiger charge is -2.24. The molecule has 1 fully saturated rings. The Bertz CT molecular complexity index is 811. The standard InChI is InChI=1S/C16H19N5O2S2/c1-9-8-24-15(17-9)19-13(22)7-21-5-4-11-12(6-21)25-16(18-11)20-14(23)10-2-3-10/h8,10H,2-7H2,1H3,(H,17,19,22)(H,18,20,23). The van der Waals surface area contributed by atoms with Gasteiger partial charge in [0.25, 0.3) is 0 Å². The van der Waals surface area contributed by atoms with E-state index >= 15 is 0 Å². The van der Waals surface area contributed by atoms with Crippen LogP contribution in [0.1, 0.15) is 29.1 Å². The maximum Gasteiger partial charge on any atom is 0.240 e. The molecule has 0 atom stereocenters. The Balaban J connectivity index is 1.33. The number of carbonyl (C=O) groups excluding carboxylic acids is 2. The van der Waals surface area contributed by atoms with Gasteiger partial charge in [-0.25, -0.2) is 9.97 Å². The van der Waals surface area contributed by atoms with Gasteiger partial charge >= 0.3 is 0 Å². The smallest absolute Gasteiger partial charge is 0.240 e.